The Bertz CT molecular complexity index is 1390. The average Bonchev–Trinajstić information content (AvgIpc) is 3.26. The molecule has 0 radical (unpaired) electrons. The standard InChI is InChI=1S/C26H26FN7O/c1-17-13-19(21-14-23-26(22(15-28)30-21)31-32-33(23)2)3-5-24(17)35-12-9-18-7-10-34(11-8-18)25-6-4-20(27)16-29-25/h3-6,13-14,16,18H,7-12H2,1-2H3. The number of hydrogen-bond acceptors (Lipinski definition) is 7. The van der Waals surface area contributed by atoms with Crippen molar-refractivity contribution in [2.75, 3.05) is 24.6 Å². The zero-order valence-corrected chi connectivity index (χ0v) is 19.8. The number of fused-ring (bicyclic) bond motifs is 1. The van der Waals surface area contributed by atoms with Crippen LogP contribution >= 0.6 is 0 Å². The highest BCUT2D eigenvalue weighted by Gasteiger charge is 2.20. The summed E-state index contributed by atoms with van der Waals surface area (Å²) in [5, 5.41) is 17.5. The minimum atomic E-state index is -0.306. The lowest BCUT2D eigenvalue weighted by Gasteiger charge is -2.32. The molecular weight excluding hydrogens is 445 g/mol. The van der Waals surface area contributed by atoms with E-state index in [4.69, 9.17) is 4.74 Å². The number of piperidine rings is 1. The topological polar surface area (TPSA) is 92.8 Å². The van der Waals surface area contributed by atoms with E-state index in [2.05, 4.69) is 31.2 Å². The number of aromatic nitrogens is 5. The van der Waals surface area contributed by atoms with Crippen LogP contribution in [0.25, 0.3) is 22.3 Å². The van der Waals surface area contributed by atoms with Crippen LogP contribution in [0, 0.1) is 30.0 Å². The number of pyridine rings is 2. The second kappa shape index (κ2) is 9.66. The second-order valence-electron chi connectivity index (χ2n) is 8.93. The van der Waals surface area contributed by atoms with Gasteiger partial charge in [-0.05, 0) is 74.1 Å². The minimum Gasteiger partial charge on any atom is -0.493 e. The number of benzene rings is 1. The van der Waals surface area contributed by atoms with E-state index in [-0.39, 0.29) is 11.5 Å². The van der Waals surface area contributed by atoms with Crippen LogP contribution in [-0.4, -0.2) is 44.7 Å². The van der Waals surface area contributed by atoms with Gasteiger partial charge in [0.1, 0.15) is 29.0 Å². The van der Waals surface area contributed by atoms with Crippen LogP contribution in [0.15, 0.2) is 42.6 Å². The highest BCUT2D eigenvalue weighted by atomic mass is 19.1. The molecule has 0 spiro atoms. The van der Waals surface area contributed by atoms with Gasteiger partial charge in [-0.15, -0.1) is 5.10 Å². The number of rotatable bonds is 6. The number of nitrogens with zero attached hydrogens (tertiary/aromatic N) is 7. The first-order valence-electron chi connectivity index (χ1n) is 11.7. The van der Waals surface area contributed by atoms with Crippen molar-refractivity contribution in [3.63, 3.8) is 0 Å². The van der Waals surface area contributed by atoms with E-state index >= 15 is 0 Å². The molecule has 0 N–H and O–H groups in total. The van der Waals surface area contributed by atoms with Crippen LogP contribution in [0.3, 0.4) is 0 Å². The Hall–Kier alpha value is -4.06. The lowest BCUT2D eigenvalue weighted by molar-refractivity contribution is 0.257. The molecule has 4 heterocycles. The maximum Gasteiger partial charge on any atom is 0.170 e. The molecule has 1 saturated heterocycles. The van der Waals surface area contributed by atoms with Crippen molar-refractivity contribution in [3.8, 4) is 23.1 Å². The minimum absolute atomic E-state index is 0.268. The highest BCUT2D eigenvalue weighted by molar-refractivity contribution is 5.83. The van der Waals surface area contributed by atoms with Gasteiger partial charge in [0.2, 0.25) is 0 Å². The Balaban J connectivity index is 1.18. The van der Waals surface area contributed by atoms with Gasteiger partial charge in [-0.25, -0.2) is 19.0 Å². The third-order valence-electron chi connectivity index (χ3n) is 6.61. The summed E-state index contributed by atoms with van der Waals surface area (Å²) in [4.78, 5) is 10.9. The van der Waals surface area contributed by atoms with E-state index in [0.717, 1.165) is 60.6 Å². The van der Waals surface area contributed by atoms with Gasteiger partial charge in [-0.2, -0.15) is 5.26 Å². The normalized spacial score (nSPS) is 14.3. The molecule has 178 valence electrons. The van der Waals surface area contributed by atoms with Gasteiger partial charge in [0.05, 0.1) is 24.0 Å². The van der Waals surface area contributed by atoms with Crippen molar-refractivity contribution in [3.05, 3.63) is 59.7 Å². The van der Waals surface area contributed by atoms with Crippen molar-refractivity contribution in [2.45, 2.75) is 26.2 Å². The molecule has 0 saturated carbocycles. The predicted molar refractivity (Wildman–Crippen MR) is 130 cm³/mol. The van der Waals surface area contributed by atoms with Crippen LogP contribution in [-0.2, 0) is 7.05 Å². The number of nitriles is 1. The molecule has 0 amide bonds. The highest BCUT2D eigenvalue weighted by Crippen LogP contribution is 2.29. The summed E-state index contributed by atoms with van der Waals surface area (Å²) in [5.74, 6) is 1.98. The largest absolute Gasteiger partial charge is 0.493 e. The van der Waals surface area contributed by atoms with Crippen LogP contribution in [0.5, 0.6) is 5.75 Å². The maximum absolute atomic E-state index is 13.1. The van der Waals surface area contributed by atoms with Gasteiger partial charge in [0.15, 0.2) is 5.69 Å². The fourth-order valence-corrected chi connectivity index (χ4v) is 4.57. The molecule has 1 aliphatic rings. The first-order chi connectivity index (χ1) is 17.0. The van der Waals surface area contributed by atoms with E-state index in [1.165, 1.54) is 12.3 Å². The zero-order valence-electron chi connectivity index (χ0n) is 19.8. The van der Waals surface area contributed by atoms with Crippen LogP contribution in [0.1, 0.15) is 30.5 Å². The lowest BCUT2D eigenvalue weighted by Crippen LogP contribution is -2.34. The predicted octanol–water partition coefficient (Wildman–Crippen LogP) is 4.43. The van der Waals surface area contributed by atoms with Gasteiger partial charge in [0, 0.05) is 25.7 Å². The van der Waals surface area contributed by atoms with Gasteiger partial charge < -0.3 is 9.64 Å². The first-order valence-corrected chi connectivity index (χ1v) is 11.7. The molecule has 4 aromatic rings. The monoisotopic (exact) mass is 471 g/mol. The first kappa shape index (κ1) is 22.7. The molecular formula is C26H26FN7O. The molecule has 1 aliphatic heterocycles. The van der Waals surface area contributed by atoms with Crippen molar-refractivity contribution in [1.29, 1.82) is 5.26 Å². The Morgan fingerprint density at radius 1 is 1.17 bits per heavy atom. The quantitative estimate of drug-likeness (QED) is 0.411. The van der Waals surface area contributed by atoms with Crippen molar-refractivity contribution in [1.82, 2.24) is 25.0 Å². The summed E-state index contributed by atoms with van der Waals surface area (Å²) >= 11 is 0. The van der Waals surface area contributed by atoms with E-state index in [9.17, 15) is 9.65 Å². The van der Waals surface area contributed by atoms with Crippen molar-refractivity contribution in [2.24, 2.45) is 13.0 Å². The fourth-order valence-electron chi connectivity index (χ4n) is 4.57. The van der Waals surface area contributed by atoms with Gasteiger partial charge >= 0.3 is 0 Å². The molecule has 0 unspecified atom stereocenters. The number of ether oxygens (including phenoxy) is 1. The maximum atomic E-state index is 13.1. The molecule has 8 nitrogen and oxygen atoms in total. The molecule has 5 rings (SSSR count). The van der Waals surface area contributed by atoms with Crippen LogP contribution in [0.2, 0.25) is 0 Å². The van der Waals surface area contributed by atoms with E-state index in [1.54, 1.807) is 17.8 Å². The van der Waals surface area contributed by atoms with Gasteiger partial charge in [-0.1, -0.05) is 5.21 Å². The number of hydrogen-bond donors (Lipinski definition) is 0. The number of aryl methyl sites for hydroxylation is 2. The summed E-state index contributed by atoms with van der Waals surface area (Å²) in [6.45, 7) is 4.52. The number of anilines is 1. The number of halogens is 1. The Morgan fingerprint density at radius 3 is 2.71 bits per heavy atom. The molecule has 0 atom stereocenters. The van der Waals surface area contributed by atoms with Gasteiger partial charge in [0.25, 0.3) is 0 Å². The smallest absolute Gasteiger partial charge is 0.170 e. The molecule has 9 heteroatoms. The van der Waals surface area contributed by atoms with Crippen LogP contribution < -0.4 is 9.64 Å². The Labute approximate surface area is 203 Å². The summed E-state index contributed by atoms with van der Waals surface area (Å²) < 4.78 is 20.9. The third-order valence-corrected chi connectivity index (χ3v) is 6.61. The van der Waals surface area contributed by atoms with Crippen LogP contribution in [0.4, 0.5) is 10.2 Å². The Kier molecular flexibility index (Phi) is 6.27. The van der Waals surface area contributed by atoms with E-state index in [1.807, 2.05) is 31.2 Å². The van der Waals surface area contributed by atoms with E-state index < -0.39 is 0 Å². The summed E-state index contributed by atoms with van der Waals surface area (Å²) in [7, 11) is 1.80. The third kappa shape index (κ3) is 4.78. The molecule has 35 heavy (non-hydrogen) atoms. The lowest BCUT2D eigenvalue weighted by atomic mass is 9.94. The SMILES string of the molecule is Cc1cc(-c2cc3c(nnn3C)c(C#N)n2)ccc1OCCC1CCN(c2ccc(F)cn2)CC1. The zero-order chi connectivity index (χ0) is 24.4. The summed E-state index contributed by atoms with van der Waals surface area (Å²) in [6.07, 6.45) is 4.40. The fraction of sp³-hybridized carbons (Fsp3) is 0.346. The average molecular weight is 472 g/mol. The molecule has 3 aromatic heterocycles. The molecule has 0 aliphatic carbocycles. The summed E-state index contributed by atoms with van der Waals surface area (Å²) in [6, 6.07) is 13.2. The molecule has 0 bridgehead atoms. The second-order valence-corrected chi connectivity index (χ2v) is 8.93. The Morgan fingerprint density at radius 2 is 2.00 bits per heavy atom. The summed E-state index contributed by atoms with van der Waals surface area (Å²) in [5.41, 5.74) is 4.18. The van der Waals surface area contributed by atoms with Crippen molar-refractivity contribution < 1.29 is 9.13 Å². The molecule has 1 fully saturated rings. The van der Waals surface area contributed by atoms with Gasteiger partial charge in [-0.3, -0.25) is 0 Å². The molecule has 1 aromatic carbocycles. The van der Waals surface area contributed by atoms with E-state index in [0.29, 0.717) is 23.7 Å². The van der Waals surface area contributed by atoms with Crippen molar-refractivity contribution >= 4 is 16.9 Å².